The predicted molar refractivity (Wildman–Crippen MR) is 102 cm³/mol. The molecule has 1 amide bonds. The molecule has 0 radical (unpaired) electrons. The number of hydrogen-bond donors (Lipinski definition) is 1. The van der Waals surface area contributed by atoms with E-state index >= 15 is 0 Å². The Morgan fingerprint density at radius 1 is 1.29 bits per heavy atom. The van der Waals surface area contributed by atoms with Crippen molar-refractivity contribution in [1.82, 2.24) is 20.5 Å². The monoisotopic (exact) mass is 400 g/mol. The van der Waals surface area contributed by atoms with E-state index in [0.717, 1.165) is 35.9 Å². The fraction of sp³-hybridized carbons (Fsp3) is 0.316. The minimum Gasteiger partial charge on any atom is -0.385 e. The van der Waals surface area contributed by atoms with E-state index < -0.39 is 9.84 Å². The van der Waals surface area contributed by atoms with Crippen molar-refractivity contribution in [2.45, 2.75) is 30.2 Å². The number of carbonyl (C=O) groups is 1. The minimum atomic E-state index is -3.37. The molecule has 0 fully saturated rings. The number of hydrogen-bond acceptors (Lipinski definition) is 6. The van der Waals surface area contributed by atoms with Gasteiger partial charge in [0, 0.05) is 6.26 Å². The maximum Gasteiger partial charge on any atom is 0.261 e. The van der Waals surface area contributed by atoms with Gasteiger partial charge in [-0.3, -0.25) is 4.79 Å². The van der Waals surface area contributed by atoms with Gasteiger partial charge in [0.15, 0.2) is 16.4 Å². The van der Waals surface area contributed by atoms with Crippen molar-refractivity contribution in [2.24, 2.45) is 0 Å². The van der Waals surface area contributed by atoms with Crippen LogP contribution in [-0.4, -0.2) is 42.3 Å². The van der Waals surface area contributed by atoms with E-state index in [-0.39, 0.29) is 23.5 Å². The van der Waals surface area contributed by atoms with Gasteiger partial charge in [0.2, 0.25) is 0 Å². The summed E-state index contributed by atoms with van der Waals surface area (Å²) in [4.78, 5) is 19.1. The van der Waals surface area contributed by atoms with Gasteiger partial charge in [0.1, 0.15) is 11.0 Å². The van der Waals surface area contributed by atoms with Gasteiger partial charge >= 0.3 is 0 Å². The van der Waals surface area contributed by atoms with Crippen LogP contribution >= 0.6 is 0 Å². The van der Waals surface area contributed by atoms with E-state index in [2.05, 4.69) is 21.7 Å². The normalized spacial score (nSPS) is 16.5. The fourth-order valence-corrected chi connectivity index (χ4v) is 4.10. The quantitative estimate of drug-likeness (QED) is 0.695. The first-order valence-corrected chi connectivity index (χ1v) is 10.9. The largest absolute Gasteiger partial charge is 0.385 e. The highest BCUT2D eigenvalue weighted by Gasteiger charge is 2.22. The minimum absolute atomic E-state index is 0.0367. The van der Waals surface area contributed by atoms with Crippen LogP contribution in [0, 0.1) is 0 Å². The van der Waals surface area contributed by atoms with Gasteiger partial charge in [0.05, 0.1) is 10.9 Å². The molecule has 1 atom stereocenters. The van der Waals surface area contributed by atoms with Crippen molar-refractivity contribution in [2.75, 3.05) is 12.9 Å². The average Bonchev–Trinajstić information content (AvgIpc) is 3.08. The smallest absolute Gasteiger partial charge is 0.261 e. The van der Waals surface area contributed by atoms with Gasteiger partial charge < -0.3 is 10.2 Å². The second-order valence-electron chi connectivity index (χ2n) is 6.87. The van der Waals surface area contributed by atoms with Crippen LogP contribution in [0.4, 0.5) is 0 Å². The van der Waals surface area contributed by atoms with Crippen LogP contribution in [0.25, 0.3) is 11.0 Å². The zero-order valence-electron chi connectivity index (χ0n) is 15.3. The number of carbonyl (C=O) groups excluding carboxylic acids is 1. The van der Waals surface area contributed by atoms with E-state index in [1.54, 1.807) is 6.07 Å². The van der Waals surface area contributed by atoms with Crippen molar-refractivity contribution in [3.63, 3.8) is 0 Å². The summed E-state index contributed by atoms with van der Waals surface area (Å²) >= 11 is 0. The summed E-state index contributed by atoms with van der Waals surface area (Å²) in [6, 6.07) is 12.5. The van der Waals surface area contributed by atoms with Gasteiger partial charge in [-0.1, -0.05) is 29.1 Å². The molecule has 1 N–H and O–H groups in total. The standard InChI is InChI=1S/C19H20N4O4S/c1-28(25,26)14-9-10-17-18(11-14)23(22-21-17)27-12-19(24)20-16-8-4-6-13-5-2-3-7-15(13)16/h2-3,5,7,9-11,16H,4,6,8,12H2,1H3,(H,20,24)/t16-/m0/s1. The van der Waals surface area contributed by atoms with Crippen LogP contribution in [0.5, 0.6) is 0 Å². The Bertz CT molecular complexity index is 1140. The summed E-state index contributed by atoms with van der Waals surface area (Å²) < 4.78 is 23.5. The van der Waals surface area contributed by atoms with E-state index in [0.29, 0.717) is 11.0 Å². The summed E-state index contributed by atoms with van der Waals surface area (Å²) in [5, 5.41) is 10.8. The highest BCUT2D eigenvalue weighted by Crippen LogP contribution is 2.29. The second-order valence-corrected chi connectivity index (χ2v) is 8.89. The van der Waals surface area contributed by atoms with Gasteiger partial charge in [-0.2, -0.15) is 0 Å². The Morgan fingerprint density at radius 2 is 2.11 bits per heavy atom. The lowest BCUT2D eigenvalue weighted by Crippen LogP contribution is -2.36. The molecule has 0 unspecified atom stereocenters. The molecule has 9 heteroatoms. The highest BCUT2D eigenvalue weighted by molar-refractivity contribution is 7.90. The highest BCUT2D eigenvalue weighted by atomic mass is 32.2. The van der Waals surface area contributed by atoms with E-state index in [9.17, 15) is 13.2 Å². The van der Waals surface area contributed by atoms with Crippen LogP contribution < -0.4 is 10.2 Å². The summed E-state index contributed by atoms with van der Waals surface area (Å²) in [7, 11) is -3.37. The Morgan fingerprint density at radius 3 is 2.93 bits per heavy atom. The van der Waals surface area contributed by atoms with Crippen LogP contribution in [0.15, 0.2) is 47.4 Å². The van der Waals surface area contributed by atoms with E-state index in [4.69, 9.17) is 4.84 Å². The molecular formula is C19H20N4O4S. The van der Waals surface area contributed by atoms with Crippen molar-refractivity contribution in [1.29, 1.82) is 0 Å². The number of amides is 1. The van der Waals surface area contributed by atoms with Crippen molar-refractivity contribution < 1.29 is 18.0 Å². The van der Waals surface area contributed by atoms with Crippen LogP contribution in [0.2, 0.25) is 0 Å². The first-order valence-electron chi connectivity index (χ1n) is 8.98. The Hall–Kier alpha value is -2.94. The molecule has 1 aliphatic rings. The van der Waals surface area contributed by atoms with Crippen LogP contribution in [-0.2, 0) is 21.1 Å². The number of fused-ring (bicyclic) bond motifs is 2. The molecule has 1 aliphatic carbocycles. The van der Waals surface area contributed by atoms with Gasteiger partial charge in [-0.15, -0.1) is 5.10 Å². The average molecular weight is 400 g/mol. The van der Waals surface area contributed by atoms with Crippen molar-refractivity contribution >= 4 is 26.8 Å². The predicted octanol–water partition coefficient (Wildman–Crippen LogP) is 1.46. The lowest BCUT2D eigenvalue weighted by molar-refractivity contribution is -0.127. The maximum atomic E-state index is 12.4. The topological polar surface area (TPSA) is 103 Å². The maximum absolute atomic E-state index is 12.4. The molecule has 0 spiro atoms. The van der Waals surface area contributed by atoms with Gasteiger partial charge in [-0.05, 0) is 53.8 Å². The van der Waals surface area contributed by atoms with Crippen molar-refractivity contribution in [3.05, 3.63) is 53.6 Å². The molecule has 8 nitrogen and oxygen atoms in total. The summed E-state index contributed by atoms with van der Waals surface area (Å²) in [5.41, 5.74) is 3.27. The molecule has 0 bridgehead atoms. The molecule has 4 rings (SSSR count). The molecule has 3 aromatic rings. The molecule has 0 aliphatic heterocycles. The van der Waals surface area contributed by atoms with Crippen molar-refractivity contribution in [3.8, 4) is 0 Å². The molecule has 0 saturated carbocycles. The number of benzene rings is 2. The lowest BCUT2D eigenvalue weighted by Gasteiger charge is -2.26. The fourth-order valence-electron chi connectivity index (χ4n) is 3.46. The second kappa shape index (κ2) is 7.23. The summed E-state index contributed by atoms with van der Waals surface area (Å²) in [5.74, 6) is -0.273. The molecule has 1 aromatic heterocycles. The molecule has 0 saturated heterocycles. The third-order valence-electron chi connectivity index (χ3n) is 4.84. The lowest BCUT2D eigenvalue weighted by atomic mass is 9.88. The molecule has 146 valence electrons. The summed E-state index contributed by atoms with van der Waals surface area (Å²) in [6.07, 6.45) is 4.04. The molecule has 2 aromatic carbocycles. The molecule has 28 heavy (non-hydrogen) atoms. The number of nitrogens with zero attached hydrogens (tertiary/aromatic N) is 3. The number of nitrogens with one attached hydrogen (secondary N) is 1. The zero-order chi connectivity index (χ0) is 19.7. The Balaban J connectivity index is 1.46. The first-order chi connectivity index (χ1) is 13.4. The van der Waals surface area contributed by atoms with Crippen LogP contribution in [0.3, 0.4) is 0 Å². The van der Waals surface area contributed by atoms with Gasteiger partial charge in [-0.25, -0.2) is 8.42 Å². The Labute approximate surface area is 162 Å². The Kier molecular flexibility index (Phi) is 4.76. The van der Waals surface area contributed by atoms with Gasteiger partial charge in [0.25, 0.3) is 5.91 Å². The molecular weight excluding hydrogens is 380 g/mol. The molecule has 1 heterocycles. The number of aromatic nitrogens is 3. The third-order valence-corrected chi connectivity index (χ3v) is 5.95. The SMILES string of the molecule is CS(=O)(=O)c1ccc2nnn(OCC(=O)N[C@H]3CCCc4ccccc43)c2c1. The van der Waals surface area contributed by atoms with E-state index in [1.165, 1.54) is 17.7 Å². The van der Waals surface area contributed by atoms with Crippen LogP contribution in [0.1, 0.15) is 30.0 Å². The number of aryl methyl sites for hydroxylation is 1. The number of sulfone groups is 1. The first kappa shape index (κ1) is 18.4. The third kappa shape index (κ3) is 3.70. The number of rotatable bonds is 5. The zero-order valence-corrected chi connectivity index (χ0v) is 16.1. The summed E-state index contributed by atoms with van der Waals surface area (Å²) in [6.45, 7) is -0.250. The van der Waals surface area contributed by atoms with E-state index in [1.807, 2.05) is 18.2 Å².